The SMILES string of the molecule is CCC1(NC(=O)c2cc(F)ccc2C#CCN)CCC1. The Balaban J connectivity index is 2.26. The summed E-state index contributed by atoms with van der Waals surface area (Å²) < 4.78 is 13.4. The summed E-state index contributed by atoms with van der Waals surface area (Å²) in [4.78, 5) is 12.4. The van der Waals surface area contributed by atoms with Gasteiger partial charge >= 0.3 is 0 Å². The van der Waals surface area contributed by atoms with Crippen LogP contribution in [0.2, 0.25) is 0 Å². The van der Waals surface area contributed by atoms with Gasteiger partial charge in [0.15, 0.2) is 0 Å². The van der Waals surface area contributed by atoms with Gasteiger partial charge in [-0.1, -0.05) is 18.8 Å². The summed E-state index contributed by atoms with van der Waals surface area (Å²) in [6.45, 7) is 2.26. The Bertz CT molecular complexity index is 562. The first kappa shape index (κ1) is 14.5. The van der Waals surface area contributed by atoms with Gasteiger partial charge in [0.1, 0.15) is 5.82 Å². The van der Waals surface area contributed by atoms with E-state index in [2.05, 4.69) is 24.1 Å². The third-order valence-electron chi connectivity index (χ3n) is 3.92. The van der Waals surface area contributed by atoms with Crippen molar-refractivity contribution in [1.82, 2.24) is 5.32 Å². The second-order valence-electron chi connectivity index (χ2n) is 5.14. The minimum absolute atomic E-state index is 0.123. The van der Waals surface area contributed by atoms with Crippen molar-refractivity contribution in [2.75, 3.05) is 6.54 Å². The molecule has 3 nitrogen and oxygen atoms in total. The van der Waals surface area contributed by atoms with Crippen molar-refractivity contribution in [1.29, 1.82) is 0 Å². The summed E-state index contributed by atoms with van der Waals surface area (Å²) in [6, 6.07) is 4.06. The third-order valence-corrected chi connectivity index (χ3v) is 3.92. The highest BCUT2D eigenvalue weighted by atomic mass is 19.1. The predicted octanol–water partition coefficient (Wildman–Crippen LogP) is 2.20. The van der Waals surface area contributed by atoms with Crippen molar-refractivity contribution in [3.63, 3.8) is 0 Å². The van der Waals surface area contributed by atoms with Crippen molar-refractivity contribution >= 4 is 5.91 Å². The molecule has 0 aliphatic heterocycles. The summed E-state index contributed by atoms with van der Waals surface area (Å²) in [7, 11) is 0. The van der Waals surface area contributed by atoms with Gasteiger partial charge in [-0.2, -0.15) is 0 Å². The Morgan fingerprint density at radius 3 is 2.80 bits per heavy atom. The summed E-state index contributed by atoms with van der Waals surface area (Å²) in [5.41, 5.74) is 6.01. The molecule has 0 unspecified atom stereocenters. The number of carbonyl (C=O) groups excluding carboxylic acids is 1. The van der Waals surface area contributed by atoms with Gasteiger partial charge in [0, 0.05) is 11.1 Å². The molecule has 0 radical (unpaired) electrons. The molecule has 3 N–H and O–H groups in total. The highest BCUT2D eigenvalue weighted by molar-refractivity contribution is 5.97. The van der Waals surface area contributed by atoms with E-state index >= 15 is 0 Å². The van der Waals surface area contributed by atoms with Crippen LogP contribution in [0, 0.1) is 17.7 Å². The van der Waals surface area contributed by atoms with Crippen LogP contribution in [0.3, 0.4) is 0 Å². The molecule has 1 aromatic rings. The number of amides is 1. The normalized spacial score (nSPS) is 15.8. The van der Waals surface area contributed by atoms with Gasteiger partial charge in [0.05, 0.1) is 12.1 Å². The summed E-state index contributed by atoms with van der Waals surface area (Å²) in [6.07, 6.45) is 3.97. The maximum Gasteiger partial charge on any atom is 0.253 e. The van der Waals surface area contributed by atoms with Gasteiger partial charge in [0.25, 0.3) is 5.91 Å². The van der Waals surface area contributed by atoms with Crippen LogP contribution in [-0.4, -0.2) is 18.0 Å². The Kier molecular flexibility index (Phi) is 4.41. The van der Waals surface area contributed by atoms with Crippen molar-refractivity contribution in [2.24, 2.45) is 5.73 Å². The van der Waals surface area contributed by atoms with Gasteiger partial charge in [-0.15, -0.1) is 0 Å². The molecule has 0 atom stereocenters. The van der Waals surface area contributed by atoms with Crippen molar-refractivity contribution in [2.45, 2.75) is 38.1 Å². The van der Waals surface area contributed by atoms with Crippen LogP contribution in [0.25, 0.3) is 0 Å². The zero-order chi connectivity index (χ0) is 14.6. The number of carbonyl (C=O) groups is 1. The monoisotopic (exact) mass is 274 g/mol. The fraction of sp³-hybridized carbons (Fsp3) is 0.438. The quantitative estimate of drug-likeness (QED) is 0.830. The van der Waals surface area contributed by atoms with E-state index in [-0.39, 0.29) is 23.6 Å². The molecule has 0 aromatic heterocycles. The predicted molar refractivity (Wildman–Crippen MR) is 76.7 cm³/mol. The van der Waals surface area contributed by atoms with Crippen LogP contribution >= 0.6 is 0 Å². The molecule has 0 heterocycles. The van der Waals surface area contributed by atoms with E-state index in [1.54, 1.807) is 0 Å². The van der Waals surface area contributed by atoms with Gasteiger partial charge in [-0.3, -0.25) is 4.79 Å². The van der Waals surface area contributed by atoms with Crippen LogP contribution in [0.15, 0.2) is 18.2 Å². The Hall–Kier alpha value is -1.86. The highest BCUT2D eigenvalue weighted by Crippen LogP contribution is 2.35. The molecule has 1 aliphatic rings. The molecule has 1 amide bonds. The largest absolute Gasteiger partial charge is 0.347 e. The van der Waals surface area contributed by atoms with Gasteiger partial charge in [-0.25, -0.2) is 4.39 Å². The highest BCUT2D eigenvalue weighted by Gasteiger charge is 2.36. The number of rotatable bonds is 3. The second-order valence-corrected chi connectivity index (χ2v) is 5.14. The zero-order valence-corrected chi connectivity index (χ0v) is 11.6. The van der Waals surface area contributed by atoms with Crippen LogP contribution in [0.4, 0.5) is 4.39 Å². The van der Waals surface area contributed by atoms with E-state index in [1.165, 1.54) is 18.2 Å². The maximum atomic E-state index is 13.4. The van der Waals surface area contributed by atoms with Crippen LogP contribution < -0.4 is 11.1 Å². The fourth-order valence-corrected chi connectivity index (χ4v) is 2.44. The number of halogens is 1. The molecule has 4 heteroatoms. The van der Waals surface area contributed by atoms with Crippen molar-refractivity contribution in [3.05, 3.63) is 35.1 Å². The zero-order valence-electron chi connectivity index (χ0n) is 11.6. The molecular formula is C16H19FN2O. The Labute approximate surface area is 118 Å². The summed E-state index contributed by atoms with van der Waals surface area (Å²) in [5, 5.41) is 3.04. The van der Waals surface area contributed by atoms with E-state index < -0.39 is 5.82 Å². The molecule has 0 spiro atoms. The lowest BCUT2D eigenvalue weighted by atomic mass is 9.74. The van der Waals surface area contributed by atoms with Crippen LogP contribution in [0.5, 0.6) is 0 Å². The first-order valence-corrected chi connectivity index (χ1v) is 6.91. The molecule has 106 valence electrons. The fourth-order valence-electron chi connectivity index (χ4n) is 2.44. The molecule has 0 saturated heterocycles. The minimum Gasteiger partial charge on any atom is -0.347 e. The Morgan fingerprint density at radius 1 is 1.50 bits per heavy atom. The lowest BCUT2D eigenvalue weighted by Gasteiger charge is -2.42. The van der Waals surface area contributed by atoms with E-state index in [1.807, 2.05) is 0 Å². The van der Waals surface area contributed by atoms with Crippen molar-refractivity contribution in [3.8, 4) is 11.8 Å². The van der Waals surface area contributed by atoms with Crippen molar-refractivity contribution < 1.29 is 9.18 Å². The van der Waals surface area contributed by atoms with Gasteiger partial charge < -0.3 is 11.1 Å². The number of hydrogen-bond donors (Lipinski definition) is 2. The Morgan fingerprint density at radius 2 is 2.25 bits per heavy atom. The lowest BCUT2D eigenvalue weighted by molar-refractivity contribution is 0.0819. The van der Waals surface area contributed by atoms with E-state index in [9.17, 15) is 9.18 Å². The van der Waals surface area contributed by atoms with Crippen LogP contribution in [-0.2, 0) is 0 Å². The average Bonchev–Trinajstić information content (AvgIpc) is 2.41. The molecule has 1 aliphatic carbocycles. The average molecular weight is 274 g/mol. The lowest BCUT2D eigenvalue weighted by Crippen LogP contribution is -2.53. The molecule has 1 saturated carbocycles. The number of hydrogen-bond acceptors (Lipinski definition) is 2. The summed E-state index contributed by atoms with van der Waals surface area (Å²) in [5.74, 6) is 4.82. The molecule has 20 heavy (non-hydrogen) atoms. The minimum atomic E-state index is -0.437. The third kappa shape index (κ3) is 3.00. The van der Waals surface area contributed by atoms with Gasteiger partial charge in [-0.05, 0) is 43.9 Å². The first-order valence-electron chi connectivity index (χ1n) is 6.91. The van der Waals surface area contributed by atoms with E-state index in [0.717, 1.165) is 25.7 Å². The second kappa shape index (κ2) is 6.06. The molecule has 1 fully saturated rings. The van der Waals surface area contributed by atoms with Crippen LogP contribution in [0.1, 0.15) is 48.5 Å². The number of nitrogens with two attached hydrogens (primary N) is 1. The molecule has 0 bridgehead atoms. The molecule has 2 rings (SSSR count). The maximum absolute atomic E-state index is 13.4. The van der Waals surface area contributed by atoms with E-state index in [4.69, 9.17) is 5.73 Å². The van der Waals surface area contributed by atoms with Gasteiger partial charge in [0.2, 0.25) is 0 Å². The number of nitrogens with one attached hydrogen (secondary N) is 1. The molecular weight excluding hydrogens is 255 g/mol. The van der Waals surface area contributed by atoms with E-state index in [0.29, 0.717) is 5.56 Å². The number of benzene rings is 1. The first-order chi connectivity index (χ1) is 9.60. The molecule has 1 aromatic carbocycles. The topological polar surface area (TPSA) is 55.1 Å². The standard InChI is InChI=1S/C16H19FN2O/c1-2-16(8-4-9-16)19-15(20)14-11-13(17)7-6-12(14)5-3-10-18/h6-7,11H,2,4,8-10,18H2,1H3,(H,19,20). The smallest absolute Gasteiger partial charge is 0.253 e. The summed E-state index contributed by atoms with van der Waals surface area (Å²) >= 11 is 0.